The molecule has 0 unspecified atom stereocenters. The van der Waals surface area contributed by atoms with Gasteiger partial charge in [0.1, 0.15) is 6.33 Å². The van der Waals surface area contributed by atoms with Gasteiger partial charge in [0, 0.05) is 6.07 Å². The maximum absolute atomic E-state index is 10.9. The fourth-order valence-electron chi connectivity index (χ4n) is 1.29. The highest BCUT2D eigenvalue weighted by Gasteiger charge is 2.22. The van der Waals surface area contributed by atoms with Crippen LogP contribution in [-0.4, -0.2) is 20.0 Å². The number of nitrogens with two attached hydrogens (primary N) is 1. The number of hydrogen-bond donors (Lipinski definition) is 3. The summed E-state index contributed by atoms with van der Waals surface area (Å²) in [5.41, 5.74) is 1.81. The fraction of sp³-hybridized carbons (Fsp3) is 0.125. The van der Waals surface area contributed by atoms with Crippen molar-refractivity contribution in [3.63, 3.8) is 0 Å². The van der Waals surface area contributed by atoms with Crippen LogP contribution in [0, 0.1) is 10.1 Å². The Morgan fingerprint density at radius 3 is 2.83 bits per heavy atom. The van der Waals surface area contributed by atoms with Crippen LogP contribution in [0.15, 0.2) is 23.1 Å². The quantitative estimate of drug-likeness (QED) is 0.387. The minimum atomic E-state index is -0.627. The van der Waals surface area contributed by atoms with E-state index in [4.69, 9.17) is 10.4 Å². The monoisotopic (exact) mass is 251 g/mol. The molecule has 0 fully saturated rings. The third-order valence-corrected chi connectivity index (χ3v) is 2.06. The van der Waals surface area contributed by atoms with Crippen molar-refractivity contribution in [2.24, 2.45) is 5.84 Å². The van der Waals surface area contributed by atoms with Crippen LogP contribution in [0.4, 0.5) is 17.3 Å². The van der Waals surface area contributed by atoms with Gasteiger partial charge in [-0.2, -0.15) is 0 Å². The first kappa shape index (κ1) is 11.7. The molecule has 4 N–H and O–H groups in total. The molecule has 94 valence electrons. The van der Waals surface area contributed by atoms with Crippen molar-refractivity contribution in [1.29, 1.82) is 0 Å². The molecule has 0 aliphatic rings. The van der Waals surface area contributed by atoms with Crippen LogP contribution in [-0.2, 0) is 6.54 Å². The smallest absolute Gasteiger partial charge is 0.354 e. The molecule has 0 saturated carbocycles. The molecule has 0 bridgehead atoms. The number of rotatable bonds is 5. The molecule has 0 spiro atoms. The highest BCUT2D eigenvalue weighted by Crippen LogP contribution is 2.28. The van der Waals surface area contributed by atoms with Crippen molar-refractivity contribution < 1.29 is 9.45 Å². The summed E-state index contributed by atoms with van der Waals surface area (Å²) in [6, 6.07) is 1.63. The Balaban J connectivity index is 2.24. The zero-order valence-electron chi connectivity index (χ0n) is 9.03. The van der Waals surface area contributed by atoms with Crippen molar-refractivity contribution in [1.82, 2.24) is 15.1 Å². The summed E-state index contributed by atoms with van der Waals surface area (Å²) in [4.78, 5) is 17.7. The first-order valence-electron chi connectivity index (χ1n) is 4.82. The Morgan fingerprint density at radius 2 is 2.22 bits per heavy atom. The van der Waals surface area contributed by atoms with Gasteiger partial charge >= 0.3 is 5.69 Å². The Morgan fingerprint density at radius 1 is 1.44 bits per heavy atom. The third-order valence-electron chi connectivity index (χ3n) is 2.06. The summed E-state index contributed by atoms with van der Waals surface area (Å²) >= 11 is 0. The van der Waals surface area contributed by atoms with E-state index in [2.05, 4.69) is 25.9 Å². The van der Waals surface area contributed by atoms with Crippen LogP contribution in [0.2, 0.25) is 0 Å². The number of nitrogens with one attached hydrogen (secondary N) is 2. The maximum atomic E-state index is 10.9. The zero-order chi connectivity index (χ0) is 13.0. The van der Waals surface area contributed by atoms with Crippen LogP contribution in [0.3, 0.4) is 0 Å². The second-order valence-corrected chi connectivity index (χ2v) is 3.15. The summed E-state index contributed by atoms with van der Waals surface area (Å²) in [7, 11) is 0. The molecule has 2 aromatic rings. The molecular formula is C8H9N7O3. The molecule has 18 heavy (non-hydrogen) atoms. The zero-order valence-corrected chi connectivity index (χ0v) is 9.03. The van der Waals surface area contributed by atoms with Gasteiger partial charge in [-0.25, -0.2) is 15.8 Å². The molecule has 0 aliphatic carbocycles. The summed E-state index contributed by atoms with van der Waals surface area (Å²) in [5, 5.41) is 17.2. The lowest BCUT2D eigenvalue weighted by Gasteiger charge is -2.06. The molecular weight excluding hydrogens is 242 g/mol. The van der Waals surface area contributed by atoms with E-state index in [1.54, 1.807) is 6.07 Å². The minimum Gasteiger partial charge on any atom is -0.360 e. The number of anilines is 2. The lowest BCUT2D eigenvalue weighted by molar-refractivity contribution is -0.383. The van der Waals surface area contributed by atoms with E-state index in [0.717, 1.165) is 6.33 Å². The van der Waals surface area contributed by atoms with Crippen LogP contribution >= 0.6 is 0 Å². The Kier molecular flexibility index (Phi) is 3.29. The highest BCUT2D eigenvalue weighted by atomic mass is 16.6. The van der Waals surface area contributed by atoms with Gasteiger partial charge in [-0.05, 0) is 0 Å². The summed E-state index contributed by atoms with van der Waals surface area (Å²) in [6.07, 6.45) is 2.63. The van der Waals surface area contributed by atoms with Gasteiger partial charge in [-0.15, -0.1) is 0 Å². The Hall–Kier alpha value is -2.75. The average Bonchev–Trinajstić information content (AvgIpc) is 2.88. The third kappa shape index (κ3) is 2.32. The minimum absolute atomic E-state index is 0.0411. The second-order valence-electron chi connectivity index (χ2n) is 3.15. The number of hydrogen-bond acceptors (Lipinski definition) is 9. The number of hydrazine groups is 1. The van der Waals surface area contributed by atoms with E-state index in [9.17, 15) is 10.1 Å². The van der Waals surface area contributed by atoms with E-state index in [-0.39, 0.29) is 23.9 Å². The lowest BCUT2D eigenvalue weighted by Crippen LogP contribution is -2.13. The Bertz CT molecular complexity index is 542. The first-order chi connectivity index (χ1) is 8.72. The largest absolute Gasteiger partial charge is 0.360 e. The van der Waals surface area contributed by atoms with Gasteiger partial charge in [0.15, 0.2) is 5.76 Å². The predicted octanol–water partition coefficient (Wildman–Crippen LogP) is 0.270. The normalized spacial score (nSPS) is 10.1. The van der Waals surface area contributed by atoms with Crippen LogP contribution < -0.4 is 16.6 Å². The molecule has 10 nitrogen and oxygen atoms in total. The van der Waals surface area contributed by atoms with Gasteiger partial charge in [0.25, 0.3) is 0 Å². The number of nitrogens with zero attached hydrogens (tertiary/aromatic N) is 4. The van der Waals surface area contributed by atoms with Crippen molar-refractivity contribution in [2.45, 2.75) is 6.54 Å². The van der Waals surface area contributed by atoms with Crippen LogP contribution in [0.1, 0.15) is 5.76 Å². The van der Waals surface area contributed by atoms with E-state index in [0.29, 0.717) is 5.76 Å². The average molecular weight is 251 g/mol. The van der Waals surface area contributed by atoms with Gasteiger partial charge < -0.3 is 15.3 Å². The summed E-state index contributed by atoms with van der Waals surface area (Å²) in [5.74, 6) is 5.63. The van der Waals surface area contributed by atoms with E-state index in [1.165, 1.54) is 6.20 Å². The van der Waals surface area contributed by atoms with Gasteiger partial charge in [-0.1, -0.05) is 5.16 Å². The van der Waals surface area contributed by atoms with E-state index < -0.39 is 4.92 Å². The Labute approximate surface area is 100 Å². The number of nitro groups is 1. The van der Waals surface area contributed by atoms with Crippen molar-refractivity contribution in [2.75, 3.05) is 10.7 Å². The molecule has 0 amide bonds. The number of nitrogen functional groups attached to an aromatic ring is 1. The van der Waals surface area contributed by atoms with Crippen LogP contribution in [0.5, 0.6) is 0 Å². The van der Waals surface area contributed by atoms with Gasteiger partial charge in [0.2, 0.25) is 11.6 Å². The molecule has 2 heterocycles. The SMILES string of the molecule is NNc1ncnc(NCc2ccno2)c1[N+](=O)[O-]. The molecule has 0 aliphatic heterocycles. The molecule has 0 aromatic carbocycles. The molecule has 0 atom stereocenters. The standard InChI is InChI=1S/C8H9N7O3/c9-14-8-6(15(16)17)7(11-4-12-8)10-3-5-1-2-13-18-5/h1-2,4H,3,9H2,(H2,10,11,12,14). The number of aromatic nitrogens is 3. The maximum Gasteiger partial charge on any atom is 0.354 e. The molecule has 10 heteroatoms. The predicted molar refractivity (Wildman–Crippen MR) is 60.3 cm³/mol. The molecule has 2 aromatic heterocycles. The van der Waals surface area contributed by atoms with E-state index in [1.807, 2.05) is 0 Å². The van der Waals surface area contributed by atoms with Crippen molar-refractivity contribution in [3.8, 4) is 0 Å². The molecule has 0 saturated heterocycles. The molecule has 0 radical (unpaired) electrons. The van der Waals surface area contributed by atoms with Crippen molar-refractivity contribution in [3.05, 3.63) is 34.5 Å². The fourth-order valence-corrected chi connectivity index (χ4v) is 1.29. The summed E-state index contributed by atoms with van der Waals surface area (Å²) in [6.45, 7) is 0.210. The van der Waals surface area contributed by atoms with Gasteiger partial charge in [-0.3, -0.25) is 10.1 Å². The first-order valence-corrected chi connectivity index (χ1v) is 4.82. The molecule has 2 rings (SSSR count). The topological polar surface area (TPSA) is 145 Å². The van der Waals surface area contributed by atoms with E-state index >= 15 is 0 Å². The van der Waals surface area contributed by atoms with Crippen LogP contribution in [0.25, 0.3) is 0 Å². The lowest BCUT2D eigenvalue weighted by atomic mass is 10.4. The highest BCUT2D eigenvalue weighted by molar-refractivity contribution is 5.68. The van der Waals surface area contributed by atoms with Gasteiger partial charge in [0.05, 0.1) is 17.7 Å². The van der Waals surface area contributed by atoms with Crippen molar-refractivity contribution >= 4 is 17.3 Å². The summed E-state index contributed by atoms with van der Waals surface area (Å²) < 4.78 is 4.85. The second kappa shape index (κ2) is 5.05.